The molecule has 2 heterocycles. The number of rotatable bonds is 5. The topological polar surface area (TPSA) is 42.0 Å². The standard InChI is InChI=1S/C25H32N2O3/c1-19-6-7-20(2)24(16-19)30-23-8-10-27(11-9-23)25(28)22-5-3-4-21(17-22)18-26-12-14-29-15-13-26/h3-7,16-17,23H,8-15,18H2,1-2H3. The van der Waals surface area contributed by atoms with Gasteiger partial charge in [-0.15, -0.1) is 0 Å². The minimum absolute atomic E-state index is 0.129. The van der Waals surface area contributed by atoms with E-state index in [1.165, 1.54) is 11.1 Å². The minimum atomic E-state index is 0.129. The molecule has 2 aromatic carbocycles. The predicted molar refractivity (Wildman–Crippen MR) is 118 cm³/mol. The Balaban J connectivity index is 1.32. The molecule has 0 unspecified atom stereocenters. The number of ether oxygens (including phenoxy) is 2. The van der Waals surface area contributed by atoms with Crippen molar-refractivity contribution in [3.8, 4) is 5.75 Å². The van der Waals surface area contributed by atoms with E-state index in [-0.39, 0.29) is 12.0 Å². The molecule has 0 atom stereocenters. The van der Waals surface area contributed by atoms with Crippen molar-refractivity contribution < 1.29 is 14.3 Å². The van der Waals surface area contributed by atoms with Gasteiger partial charge in [0.2, 0.25) is 0 Å². The lowest BCUT2D eigenvalue weighted by molar-refractivity contribution is 0.0341. The maximum atomic E-state index is 13.1. The number of likely N-dealkylation sites (tertiary alicyclic amines) is 1. The van der Waals surface area contributed by atoms with Crippen molar-refractivity contribution in [2.75, 3.05) is 39.4 Å². The number of benzene rings is 2. The van der Waals surface area contributed by atoms with Gasteiger partial charge in [-0.05, 0) is 48.7 Å². The Kier molecular flexibility index (Phi) is 6.70. The fourth-order valence-corrected chi connectivity index (χ4v) is 4.19. The number of piperidine rings is 1. The summed E-state index contributed by atoms with van der Waals surface area (Å²) in [4.78, 5) is 17.4. The van der Waals surface area contributed by atoms with Gasteiger partial charge in [-0.3, -0.25) is 9.69 Å². The first-order valence-electron chi connectivity index (χ1n) is 11.0. The average Bonchev–Trinajstić information content (AvgIpc) is 2.77. The smallest absolute Gasteiger partial charge is 0.253 e. The van der Waals surface area contributed by atoms with E-state index in [1.54, 1.807) is 0 Å². The molecule has 2 fully saturated rings. The molecule has 2 aliphatic heterocycles. The molecule has 160 valence electrons. The first kappa shape index (κ1) is 20.9. The lowest BCUT2D eigenvalue weighted by atomic mass is 10.0. The molecule has 0 radical (unpaired) electrons. The number of hydrogen-bond donors (Lipinski definition) is 0. The van der Waals surface area contributed by atoms with Gasteiger partial charge in [0.05, 0.1) is 13.2 Å². The first-order chi connectivity index (χ1) is 14.6. The summed E-state index contributed by atoms with van der Waals surface area (Å²) in [6.45, 7) is 9.99. The van der Waals surface area contributed by atoms with E-state index in [0.29, 0.717) is 0 Å². The monoisotopic (exact) mass is 408 g/mol. The Bertz CT molecular complexity index is 868. The molecular formula is C25H32N2O3. The summed E-state index contributed by atoms with van der Waals surface area (Å²) < 4.78 is 11.7. The Labute approximate surface area is 179 Å². The molecule has 0 saturated carbocycles. The third-order valence-electron chi connectivity index (χ3n) is 6.05. The number of carbonyl (C=O) groups excluding carboxylic acids is 1. The van der Waals surface area contributed by atoms with Crippen LogP contribution in [0.5, 0.6) is 5.75 Å². The summed E-state index contributed by atoms with van der Waals surface area (Å²) in [6, 6.07) is 14.4. The summed E-state index contributed by atoms with van der Waals surface area (Å²) in [5.74, 6) is 1.10. The summed E-state index contributed by atoms with van der Waals surface area (Å²) >= 11 is 0. The molecule has 0 bridgehead atoms. The molecule has 2 saturated heterocycles. The van der Waals surface area contributed by atoms with Crippen LogP contribution in [0.25, 0.3) is 0 Å². The van der Waals surface area contributed by atoms with Crippen LogP contribution in [0.4, 0.5) is 0 Å². The molecule has 2 aromatic rings. The highest BCUT2D eigenvalue weighted by Crippen LogP contribution is 2.24. The van der Waals surface area contributed by atoms with E-state index in [1.807, 2.05) is 17.0 Å². The van der Waals surface area contributed by atoms with Crippen molar-refractivity contribution in [2.45, 2.75) is 39.3 Å². The van der Waals surface area contributed by atoms with E-state index in [9.17, 15) is 4.79 Å². The SMILES string of the molecule is Cc1ccc(C)c(OC2CCN(C(=O)c3cccc(CN4CCOCC4)c3)CC2)c1. The third-order valence-corrected chi connectivity index (χ3v) is 6.05. The molecule has 0 N–H and O–H groups in total. The molecule has 4 rings (SSSR count). The molecule has 1 amide bonds. The molecule has 0 aromatic heterocycles. The average molecular weight is 409 g/mol. The van der Waals surface area contributed by atoms with Crippen LogP contribution in [-0.2, 0) is 11.3 Å². The number of hydrogen-bond acceptors (Lipinski definition) is 4. The zero-order chi connectivity index (χ0) is 20.9. The van der Waals surface area contributed by atoms with Crippen LogP contribution in [0.2, 0.25) is 0 Å². The van der Waals surface area contributed by atoms with Gasteiger partial charge in [-0.25, -0.2) is 0 Å². The zero-order valence-corrected chi connectivity index (χ0v) is 18.1. The number of carbonyl (C=O) groups is 1. The van der Waals surface area contributed by atoms with Crippen LogP contribution < -0.4 is 4.74 Å². The maximum Gasteiger partial charge on any atom is 0.253 e. The predicted octanol–water partition coefficient (Wildman–Crippen LogP) is 3.82. The quantitative estimate of drug-likeness (QED) is 0.754. The molecule has 30 heavy (non-hydrogen) atoms. The third kappa shape index (κ3) is 5.21. The second-order valence-electron chi connectivity index (χ2n) is 8.47. The Morgan fingerprint density at radius 2 is 1.80 bits per heavy atom. The molecule has 5 heteroatoms. The maximum absolute atomic E-state index is 13.1. The summed E-state index contributed by atoms with van der Waals surface area (Å²) in [5, 5.41) is 0. The number of nitrogens with zero attached hydrogens (tertiary/aromatic N) is 2. The minimum Gasteiger partial charge on any atom is -0.490 e. The second-order valence-corrected chi connectivity index (χ2v) is 8.47. The van der Waals surface area contributed by atoms with Crippen molar-refractivity contribution >= 4 is 5.91 Å². The highest BCUT2D eigenvalue weighted by molar-refractivity contribution is 5.94. The second kappa shape index (κ2) is 9.63. The molecule has 0 spiro atoms. The van der Waals surface area contributed by atoms with Crippen LogP contribution >= 0.6 is 0 Å². The lowest BCUT2D eigenvalue weighted by Crippen LogP contribution is -2.42. The van der Waals surface area contributed by atoms with Crippen molar-refractivity contribution in [1.29, 1.82) is 0 Å². The van der Waals surface area contributed by atoms with E-state index in [2.05, 4.69) is 49.1 Å². The van der Waals surface area contributed by atoms with Crippen LogP contribution in [0.3, 0.4) is 0 Å². The largest absolute Gasteiger partial charge is 0.490 e. The van der Waals surface area contributed by atoms with Gasteiger partial charge in [0.25, 0.3) is 5.91 Å². The fourth-order valence-electron chi connectivity index (χ4n) is 4.19. The normalized spacial score (nSPS) is 18.4. The highest BCUT2D eigenvalue weighted by Gasteiger charge is 2.25. The number of aryl methyl sites for hydroxylation is 2. The number of morpholine rings is 1. The summed E-state index contributed by atoms with van der Waals surface area (Å²) in [7, 11) is 0. The van der Waals surface area contributed by atoms with E-state index in [4.69, 9.17) is 9.47 Å². The van der Waals surface area contributed by atoms with Gasteiger partial charge in [0.1, 0.15) is 11.9 Å². The first-order valence-corrected chi connectivity index (χ1v) is 11.0. The van der Waals surface area contributed by atoms with Crippen LogP contribution in [0.1, 0.15) is 39.9 Å². The Morgan fingerprint density at radius 1 is 1.03 bits per heavy atom. The van der Waals surface area contributed by atoms with E-state index in [0.717, 1.165) is 75.7 Å². The summed E-state index contributed by atoms with van der Waals surface area (Å²) in [5.41, 5.74) is 4.35. The van der Waals surface area contributed by atoms with Gasteiger partial charge < -0.3 is 14.4 Å². The van der Waals surface area contributed by atoms with Crippen LogP contribution in [0.15, 0.2) is 42.5 Å². The van der Waals surface area contributed by atoms with E-state index >= 15 is 0 Å². The van der Waals surface area contributed by atoms with Gasteiger partial charge >= 0.3 is 0 Å². The zero-order valence-electron chi connectivity index (χ0n) is 18.1. The highest BCUT2D eigenvalue weighted by atomic mass is 16.5. The Morgan fingerprint density at radius 3 is 2.57 bits per heavy atom. The summed E-state index contributed by atoms with van der Waals surface area (Å²) in [6.07, 6.45) is 1.90. The van der Waals surface area contributed by atoms with Gasteiger partial charge in [0, 0.05) is 51.1 Å². The fraction of sp³-hybridized carbons (Fsp3) is 0.480. The van der Waals surface area contributed by atoms with Crippen molar-refractivity contribution in [3.63, 3.8) is 0 Å². The van der Waals surface area contributed by atoms with Gasteiger partial charge in [0.15, 0.2) is 0 Å². The van der Waals surface area contributed by atoms with Crippen LogP contribution in [0, 0.1) is 13.8 Å². The molecule has 5 nitrogen and oxygen atoms in total. The lowest BCUT2D eigenvalue weighted by Gasteiger charge is -2.32. The van der Waals surface area contributed by atoms with Crippen molar-refractivity contribution in [2.24, 2.45) is 0 Å². The van der Waals surface area contributed by atoms with Gasteiger partial charge in [-0.1, -0.05) is 24.3 Å². The van der Waals surface area contributed by atoms with Crippen LogP contribution in [-0.4, -0.2) is 61.2 Å². The molecule has 2 aliphatic rings. The van der Waals surface area contributed by atoms with Gasteiger partial charge in [-0.2, -0.15) is 0 Å². The van der Waals surface area contributed by atoms with Crippen molar-refractivity contribution in [3.05, 3.63) is 64.7 Å². The Hall–Kier alpha value is -2.37. The van der Waals surface area contributed by atoms with Crippen molar-refractivity contribution in [1.82, 2.24) is 9.80 Å². The molecular weight excluding hydrogens is 376 g/mol. The number of amides is 1. The molecule has 0 aliphatic carbocycles. The van der Waals surface area contributed by atoms with E-state index < -0.39 is 0 Å².